The van der Waals surface area contributed by atoms with E-state index in [1.165, 1.54) is 6.20 Å². The second kappa shape index (κ2) is 8.37. The molecule has 0 bridgehead atoms. The first-order chi connectivity index (χ1) is 11.5. The van der Waals surface area contributed by atoms with Gasteiger partial charge in [-0.15, -0.1) is 0 Å². The number of nitrogens with zero attached hydrogens (tertiary/aromatic N) is 1. The molecule has 1 fully saturated rings. The van der Waals surface area contributed by atoms with E-state index in [1.807, 2.05) is 0 Å². The maximum absolute atomic E-state index is 11.8. The van der Waals surface area contributed by atoms with E-state index < -0.39 is 23.4 Å². The van der Waals surface area contributed by atoms with E-state index in [2.05, 4.69) is 16.7 Å². The first-order valence-corrected chi connectivity index (χ1v) is 8.03. The van der Waals surface area contributed by atoms with Crippen LogP contribution in [0, 0.1) is 22.7 Å². The number of carbonyl (C=O) groups excluding carboxylic acids is 2. The summed E-state index contributed by atoms with van der Waals surface area (Å²) in [4.78, 5) is 23.1. The lowest BCUT2D eigenvalue weighted by Gasteiger charge is -2.33. The lowest BCUT2D eigenvalue weighted by atomic mass is 9.82. The van der Waals surface area contributed by atoms with E-state index >= 15 is 0 Å². The summed E-state index contributed by atoms with van der Waals surface area (Å²) < 4.78 is 5.22. The van der Waals surface area contributed by atoms with Gasteiger partial charge in [0.05, 0.1) is 17.6 Å². The molecule has 2 amide bonds. The third-order valence-electron chi connectivity index (χ3n) is 3.73. The predicted octanol–water partition coefficient (Wildman–Crippen LogP) is 0.467. The molecular formula is C16H26N6O3. The molecule has 1 unspecified atom stereocenters. The minimum Gasteiger partial charge on any atom is -0.444 e. The molecule has 1 rings (SSSR count). The summed E-state index contributed by atoms with van der Waals surface area (Å²) >= 11 is 0. The van der Waals surface area contributed by atoms with Crippen LogP contribution in [-0.4, -0.2) is 35.5 Å². The number of alkyl carbamates (subject to hydrolysis) is 1. The fourth-order valence-corrected chi connectivity index (χ4v) is 2.59. The smallest absolute Gasteiger partial charge is 0.407 e. The molecule has 138 valence electrons. The Bertz CT molecular complexity index is 586. The summed E-state index contributed by atoms with van der Waals surface area (Å²) in [7, 11) is 0. The molecular weight excluding hydrogens is 324 g/mol. The van der Waals surface area contributed by atoms with Crippen molar-refractivity contribution in [2.24, 2.45) is 17.4 Å². The van der Waals surface area contributed by atoms with Crippen LogP contribution in [0.3, 0.4) is 0 Å². The molecule has 1 aliphatic carbocycles. The number of nitrogens with one attached hydrogen (secondary N) is 3. The van der Waals surface area contributed by atoms with Gasteiger partial charge >= 0.3 is 6.09 Å². The third kappa shape index (κ3) is 6.71. The molecule has 0 radical (unpaired) electrons. The first kappa shape index (κ1) is 20.3. The third-order valence-corrected chi connectivity index (χ3v) is 3.73. The van der Waals surface area contributed by atoms with Crippen molar-refractivity contribution in [1.29, 1.82) is 10.7 Å². The molecule has 0 aliphatic heterocycles. The van der Waals surface area contributed by atoms with Crippen molar-refractivity contribution < 1.29 is 14.3 Å². The zero-order chi connectivity index (χ0) is 19.2. The minimum absolute atomic E-state index is 0.134. The van der Waals surface area contributed by atoms with Crippen molar-refractivity contribution in [3.63, 3.8) is 0 Å². The van der Waals surface area contributed by atoms with Crippen molar-refractivity contribution >= 4 is 17.8 Å². The fourth-order valence-electron chi connectivity index (χ4n) is 2.59. The molecule has 0 aromatic carbocycles. The Kier molecular flexibility index (Phi) is 6.79. The van der Waals surface area contributed by atoms with Crippen molar-refractivity contribution in [3.05, 3.63) is 11.8 Å². The molecule has 7 N–H and O–H groups in total. The Morgan fingerprint density at radius 2 is 1.96 bits per heavy atom. The summed E-state index contributed by atoms with van der Waals surface area (Å²) in [6.07, 6.45) is 2.47. The number of primary amides is 1. The molecule has 0 spiro atoms. The number of amidine groups is 1. The summed E-state index contributed by atoms with van der Waals surface area (Å²) in [6.45, 7) is 5.34. The summed E-state index contributed by atoms with van der Waals surface area (Å²) in [5.41, 5.74) is 9.73. The van der Waals surface area contributed by atoms with Gasteiger partial charge in [0.25, 0.3) is 5.91 Å². The van der Waals surface area contributed by atoms with Crippen LogP contribution < -0.4 is 22.1 Å². The van der Waals surface area contributed by atoms with Crippen molar-refractivity contribution in [3.8, 4) is 6.07 Å². The highest BCUT2D eigenvalue weighted by Gasteiger charge is 2.32. The van der Waals surface area contributed by atoms with Gasteiger partial charge in [-0.05, 0) is 40.0 Å². The SMILES string of the molecule is CC(C)(C)OC(=O)N[C@H]1CC[C@@H](N/C=C(\C(=N)N)C(N)=O)C(C#N)C1. The van der Waals surface area contributed by atoms with E-state index in [-0.39, 0.29) is 23.6 Å². The van der Waals surface area contributed by atoms with Crippen LogP contribution in [-0.2, 0) is 9.53 Å². The van der Waals surface area contributed by atoms with Crippen molar-refractivity contribution in [1.82, 2.24) is 10.6 Å². The number of hydrogen-bond donors (Lipinski definition) is 5. The lowest BCUT2D eigenvalue weighted by molar-refractivity contribution is -0.114. The van der Waals surface area contributed by atoms with Crippen LogP contribution >= 0.6 is 0 Å². The van der Waals surface area contributed by atoms with Gasteiger partial charge in [0.2, 0.25) is 0 Å². The van der Waals surface area contributed by atoms with Crippen LogP contribution in [0.4, 0.5) is 4.79 Å². The number of nitriles is 1. The average molecular weight is 350 g/mol. The maximum Gasteiger partial charge on any atom is 0.407 e. The molecule has 1 saturated carbocycles. The summed E-state index contributed by atoms with van der Waals surface area (Å²) in [5, 5.41) is 22.4. The lowest BCUT2D eigenvalue weighted by Crippen LogP contribution is -2.47. The van der Waals surface area contributed by atoms with E-state index in [1.54, 1.807) is 20.8 Å². The zero-order valence-electron chi connectivity index (χ0n) is 14.8. The second-order valence-corrected chi connectivity index (χ2v) is 7.00. The van der Waals surface area contributed by atoms with Gasteiger partial charge in [-0.1, -0.05) is 0 Å². The quantitative estimate of drug-likeness (QED) is 0.274. The Morgan fingerprint density at radius 1 is 1.32 bits per heavy atom. The average Bonchev–Trinajstić information content (AvgIpc) is 2.45. The summed E-state index contributed by atoms with van der Waals surface area (Å²) in [5.74, 6) is -1.63. The van der Waals surface area contributed by atoms with Gasteiger partial charge in [0.1, 0.15) is 11.4 Å². The van der Waals surface area contributed by atoms with E-state index in [0.717, 1.165) is 0 Å². The number of ether oxygens (including phenoxy) is 1. The van der Waals surface area contributed by atoms with E-state index in [9.17, 15) is 14.9 Å². The molecule has 25 heavy (non-hydrogen) atoms. The molecule has 1 aliphatic rings. The van der Waals surface area contributed by atoms with Crippen LogP contribution in [0.2, 0.25) is 0 Å². The van der Waals surface area contributed by atoms with Crippen LogP contribution in [0.25, 0.3) is 0 Å². The minimum atomic E-state index is -0.811. The van der Waals surface area contributed by atoms with Crippen molar-refractivity contribution in [2.45, 2.75) is 57.7 Å². The molecule has 0 heterocycles. The number of amides is 2. The van der Waals surface area contributed by atoms with Gasteiger partial charge in [-0.3, -0.25) is 10.2 Å². The van der Waals surface area contributed by atoms with E-state index in [0.29, 0.717) is 19.3 Å². The molecule has 0 aromatic rings. The normalized spacial score (nSPS) is 23.9. The molecule has 0 aromatic heterocycles. The van der Waals surface area contributed by atoms with Gasteiger partial charge in [-0.25, -0.2) is 4.79 Å². The fraction of sp³-hybridized carbons (Fsp3) is 0.625. The largest absolute Gasteiger partial charge is 0.444 e. The number of nitrogens with two attached hydrogens (primary N) is 2. The predicted molar refractivity (Wildman–Crippen MR) is 92.2 cm³/mol. The van der Waals surface area contributed by atoms with Crippen molar-refractivity contribution in [2.75, 3.05) is 0 Å². The maximum atomic E-state index is 11.8. The second-order valence-electron chi connectivity index (χ2n) is 7.00. The first-order valence-electron chi connectivity index (χ1n) is 8.03. The molecule has 3 atom stereocenters. The van der Waals surface area contributed by atoms with Gasteiger partial charge in [-0.2, -0.15) is 5.26 Å². The number of rotatable bonds is 5. The summed E-state index contributed by atoms with van der Waals surface area (Å²) in [6, 6.07) is 1.81. The Labute approximate surface area is 147 Å². The Morgan fingerprint density at radius 3 is 2.44 bits per heavy atom. The van der Waals surface area contributed by atoms with E-state index in [4.69, 9.17) is 21.6 Å². The van der Waals surface area contributed by atoms with Crippen LogP contribution in [0.1, 0.15) is 40.0 Å². The highest BCUT2D eigenvalue weighted by molar-refractivity contribution is 6.18. The number of carbonyl (C=O) groups is 2. The standard InChI is InChI=1S/C16H26N6O3/c1-16(2,3)25-15(24)22-10-4-5-12(9(6-10)7-17)21-8-11(13(18)19)14(20)23/h8-10,12,21H,4-6H2,1-3H3,(H3,18,19)(H2,20,23)(H,22,24)/b11-8+/t9?,10-,12+/m0/s1. The van der Waals surface area contributed by atoms with Crippen LogP contribution in [0.15, 0.2) is 11.8 Å². The molecule has 9 nitrogen and oxygen atoms in total. The van der Waals surface area contributed by atoms with Gasteiger partial charge in [0.15, 0.2) is 0 Å². The topological polar surface area (TPSA) is 167 Å². The zero-order valence-corrected chi connectivity index (χ0v) is 14.8. The highest BCUT2D eigenvalue weighted by Crippen LogP contribution is 2.25. The molecule has 9 heteroatoms. The molecule has 0 saturated heterocycles. The Hall–Kier alpha value is -2.76. The number of hydrogen-bond acceptors (Lipinski definition) is 6. The van der Waals surface area contributed by atoms with Crippen LogP contribution in [0.5, 0.6) is 0 Å². The van der Waals surface area contributed by atoms with Gasteiger partial charge in [0, 0.05) is 18.3 Å². The van der Waals surface area contributed by atoms with Gasteiger partial charge < -0.3 is 26.8 Å². The Balaban J connectivity index is 2.66. The monoisotopic (exact) mass is 350 g/mol. The highest BCUT2D eigenvalue weighted by atomic mass is 16.6.